The number of hydrogen-bond donors (Lipinski definition) is 1. The Hall–Kier alpha value is -2.13. The Labute approximate surface area is 102 Å². The Kier molecular flexibility index (Phi) is 4.12. The number of rotatable bonds is 3. The fourth-order valence-corrected chi connectivity index (χ4v) is 1.17. The van der Waals surface area contributed by atoms with E-state index >= 15 is 0 Å². The highest BCUT2D eigenvalue weighted by atomic mass is 19.4. The highest BCUT2D eigenvalue weighted by Crippen LogP contribution is 2.39. The van der Waals surface area contributed by atoms with Crippen LogP contribution in [0.2, 0.25) is 0 Å². The van der Waals surface area contributed by atoms with Crippen LogP contribution in [-0.4, -0.2) is 29.5 Å². The summed E-state index contributed by atoms with van der Waals surface area (Å²) in [5.41, 5.74) is -2.20. The highest BCUT2D eigenvalue weighted by molar-refractivity contribution is 5.91. The molecule has 1 aromatic heterocycles. The zero-order valence-corrected chi connectivity index (χ0v) is 9.16. The summed E-state index contributed by atoms with van der Waals surface area (Å²) < 4.78 is 68.5. The van der Waals surface area contributed by atoms with Crippen molar-refractivity contribution >= 4 is 5.97 Å². The maximum absolute atomic E-state index is 12.7. The van der Waals surface area contributed by atoms with E-state index in [-0.39, 0.29) is 0 Å². The van der Waals surface area contributed by atoms with Gasteiger partial charge < -0.3 is 14.6 Å². The van der Waals surface area contributed by atoms with E-state index < -0.39 is 41.5 Å². The Morgan fingerprint density at radius 2 is 2.00 bits per heavy atom. The predicted molar refractivity (Wildman–Crippen MR) is 48.9 cm³/mol. The van der Waals surface area contributed by atoms with E-state index in [2.05, 4.69) is 14.5 Å². The van der Waals surface area contributed by atoms with E-state index in [9.17, 15) is 31.9 Å². The summed E-state index contributed by atoms with van der Waals surface area (Å²) in [6, 6.07) is 0. The van der Waals surface area contributed by atoms with E-state index in [1.165, 1.54) is 0 Å². The van der Waals surface area contributed by atoms with Crippen LogP contribution in [0.4, 0.5) is 22.0 Å². The van der Waals surface area contributed by atoms with Crippen LogP contribution in [0.15, 0.2) is 6.20 Å². The van der Waals surface area contributed by atoms with Crippen LogP contribution < -0.4 is 4.74 Å². The van der Waals surface area contributed by atoms with Crippen molar-refractivity contribution in [2.75, 3.05) is 7.11 Å². The number of hydrogen-bond acceptors (Lipinski definition) is 5. The molecule has 0 atom stereocenters. The lowest BCUT2D eigenvalue weighted by Crippen LogP contribution is -2.19. The van der Waals surface area contributed by atoms with Crippen molar-refractivity contribution in [2.24, 2.45) is 0 Å². The second kappa shape index (κ2) is 5.24. The lowest BCUT2D eigenvalue weighted by molar-refractivity contribution is -0.276. The van der Waals surface area contributed by atoms with Gasteiger partial charge in [-0.25, -0.2) is 18.6 Å². The summed E-state index contributed by atoms with van der Waals surface area (Å²) in [5, 5.41) is 9.27. The molecule has 0 fully saturated rings. The lowest BCUT2D eigenvalue weighted by atomic mass is 10.1. The molecule has 106 valence electrons. The van der Waals surface area contributed by atoms with Crippen LogP contribution in [0.3, 0.4) is 0 Å². The van der Waals surface area contributed by atoms with Gasteiger partial charge >= 0.3 is 12.3 Å². The molecular weight excluding hydrogens is 281 g/mol. The molecule has 0 unspecified atom stereocenters. The molecule has 0 spiro atoms. The topological polar surface area (TPSA) is 68.7 Å². The van der Waals surface area contributed by atoms with Gasteiger partial charge in [0.25, 0.3) is 12.3 Å². The average Bonchev–Trinajstić information content (AvgIpc) is 2.28. The number of methoxy groups -OCH3 is 1. The minimum absolute atomic E-state index is 0.397. The van der Waals surface area contributed by atoms with Crippen molar-refractivity contribution < 1.29 is 41.3 Å². The summed E-state index contributed by atoms with van der Waals surface area (Å²) in [4.78, 5) is 14.1. The van der Waals surface area contributed by atoms with Crippen LogP contribution >= 0.6 is 0 Å². The van der Waals surface area contributed by atoms with Crippen LogP contribution in [0, 0.1) is 0 Å². The first-order chi connectivity index (χ1) is 8.67. The Bertz CT molecular complexity index is 488. The molecule has 0 radical (unpaired) electrons. The van der Waals surface area contributed by atoms with Crippen molar-refractivity contribution in [3.8, 4) is 11.6 Å². The SMILES string of the molecule is COC(=O)c1cnc(OC(F)(F)F)c(O)c1C(F)F. The molecule has 0 aliphatic carbocycles. The second-order valence-corrected chi connectivity index (χ2v) is 3.08. The largest absolute Gasteiger partial charge is 0.574 e. The smallest absolute Gasteiger partial charge is 0.503 e. The van der Waals surface area contributed by atoms with Gasteiger partial charge in [0.1, 0.15) is 0 Å². The van der Waals surface area contributed by atoms with Gasteiger partial charge in [0, 0.05) is 6.20 Å². The summed E-state index contributed by atoms with van der Waals surface area (Å²) >= 11 is 0. The van der Waals surface area contributed by atoms with Crippen molar-refractivity contribution in [3.63, 3.8) is 0 Å². The average molecular weight is 287 g/mol. The Morgan fingerprint density at radius 1 is 1.42 bits per heavy atom. The van der Waals surface area contributed by atoms with E-state index in [1.54, 1.807) is 0 Å². The van der Waals surface area contributed by atoms with Crippen LogP contribution in [0.5, 0.6) is 11.6 Å². The maximum Gasteiger partial charge on any atom is 0.574 e. The molecule has 0 saturated carbocycles. The summed E-state index contributed by atoms with van der Waals surface area (Å²) in [6.45, 7) is 0. The molecule has 10 heteroatoms. The molecule has 0 aliphatic heterocycles. The Morgan fingerprint density at radius 3 is 2.42 bits per heavy atom. The van der Waals surface area contributed by atoms with Crippen LogP contribution in [-0.2, 0) is 4.74 Å². The number of esters is 1. The number of aromatic nitrogens is 1. The summed E-state index contributed by atoms with van der Waals surface area (Å²) in [5.74, 6) is -4.33. The minimum atomic E-state index is -5.23. The van der Waals surface area contributed by atoms with Gasteiger partial charge in [0.2, 0.25) is 0 Å². The number of nitrogens with zero attached hydrogens (tertiary/aromatic N) is 1. The first-order valence-corrected chi connectivity index (χ1v) is 4.51. The van der Waals surface area contributed by atoms with E-state index in [1.807, 2.05) is 0 Å². The molecule has 0 saturated heterocycles. The van der Waals surface area contributed by atoms with Gasteiger partial charge in [-0.15, -0.1) is 13.2 Å². The molecule has 0 aromatic carbocycles. The molecular formula is C9H6F5NO4. The molecule has 0 bridgehead atoms. The standard InChI is InChI=1S/C9H6F5NO4/c1-18-8(17)3-2-15-7(19-9(12,13)14)5(16)4(3)6(10)11/h2,6,16H,1H3. The minimum Gasteiger partial charge on any atom is -0.503 e. The van der Waals surface area contributed by atoms with Crippen LogP contribution in [0.25, 0.3) is 0 Å². The van der Waals surface area contributed by atoms with Gasteiger partial charge in [-0.2, -0.15) is 0 Å². The van der Waals surface area contributed by atoms with Crippen LogP contribution in [0.1, 0.15) is 22.3 Å². The van der Waals surface area contributed by atoms with Gasteiger partial charge in [-0.3, -0.25) is 0 Å². The lowest BCUT2D eigenvalue weighted by Gasteiger charge is -2.13. The van der Waals surface area contributed by atoms with E-state index in [4.69, 9.17) is 0 Å². The molecule has 1 rings (SSSR count). The zero-order chi connectivity index (χ0) is 14.8. The molecule has 1 aromatic rings. The van der Waals surface area contributed by atoms with Crippen molar-refractivity contribution in [1.82, 2.24) is 4.98 Å². The fraction of sp³-hybridized carbons (Fsp3) is 0.333. The highest BCUT2D eigenvalue weighted by Gasteiger charge is 2.35. The van der Waals surface area contributed by atoms with Crippen molar-refractivity contribution in [3.05, 3.63) is 17.3 Å². The first kappa shape index (κ1) is 14.9. The molecule has 19 heavy (non-hydrogen) atoms. The number of carbonyl (C=O) groups is 1. The molecule has 0 aliphatic rings. The monoisotopic (exact) mass is 287 g/mol. The van der Waals surface area contributed by atoms with E-state index in [0.717, 1.165) is 7.11 Å². The third-order valence-corrected chi connectivity index (χ3v) is 1.89. The third-order valence-electron chi connectivity index (χ3n) is 1.89. The zero-order valence-electron chi connectivity index (χ0n) is 9.16. The number of alkyl halides is 5. The van der Waals surface area contributed by atoms with Gasteiger partial charge in [-0.05, 0) is 0 Å². The third kappa shape index (κ3) is 3.42. The number of carbonyl (C=O) groups excluding carboxylic acids is 1. The molecule has 1 heterocycles. The van der Waals surface area contributed by atoms with Crippen molar-refractivity contribution in [1.29, 1.82) is 0 Å². The predicted octanol–water partition coefficient (Wildman–Crippen LogP) is 2.41. The second-order valence-electron chi connectivity index (χ2n) is 3.08. The number of ether oxygens (including phenoxy) is 2. The van der Waals surface area contributed by atoms with Gasteiger partial charge in [0.05, 0.1) is 18.2 Å². The van der Waals surface area contributed by atoms with Gasteiger partial charge in [-0.1, -0.05) is 0 Å². The normalized spacial score (nSPS) is 11.5. The van der Waals surface area contributed by atoms with E-state index in [0.29, 0.717) is 6.20 Å². The fourth-order valence-electron chi connectivity index (χ4n) is 1.17. The molecule has 5 nitrogen and oxygen atoms in total. The van der Waals surface area contributed by atoms with Crippen molar-refractivity contribution in [2.45, 2.75) is 12.8 Å². The maximum atomic E-state index is 12.7. The quantitative estimate of drug-likeness (QED) is 0.683. The molecule has 0 amide bonds. The first-order valence-electron chi connectivity index (χ1n) is 4.51. The van der Waals surface area contributed by atoms with Gasteiger partial charge in [0.15, 0.2) is 5.75 Å². The summed E-state index contributed by atoms with van der Waals surface area (Å²) in [7, 11) is 0.870. The molecule has 1 N–H and O–H groups in total. The number of aromatic hydroxyl groups is 1. The number of halogens is 5. The Balaban J connectivity index is 3.35. The number of pyridine rings is 1. The summed E-state index contributed by atoms with van der Waals surface area (Å²) in [6.07, 6.45) is -8.25.